The molecule has 1 saturated heterocycles. The maximum atomic E-state index is 12.3. The summed E-state index contributed by atoms with van der Waals surface area (Å²) in [5.74, 6) is 0.848. The summed E-state index contributed by atoms with van der Waals surface area (Å²) < 4.78 is 11.3. The van der Waals surface area contributed by atoms with Gasteiger partial charge in [-0.1, -0.05) is 42.0 Å². The van der Waals surface area contributed by atoms with Gasteiger partial charge in [-0.05, 0) is 48.7 Å². The fourth-order valence-electron chi connectivity index (χ4n) is 4.11. The van der Waals surface area contributed by atoms with Crippen LogP contribution < -0.4 is 10.1 Å². The average Bonchev–Trinajstić information content (AvgIpc) is 2.84. The van der Waals surface area contributed by atoms with Gasteiger partial charge in [0, 0.05) is 43.6 Å². The Labute approximate surface area is 201 Å². The molecular formula is C28H33N3O3. The van der Waals surface area contributed by atoms with Crippen LogP contribution in [0.4, 0.5) is 0 Å². The number of amides is 1. The van der Waals surface area contributed by atoms with Crippen molar-refractivity contribution < 1.29 is 14.3 Å². The standard InChI is InChI=1S/C28H33N3O3/c1-21-4-3-5-23(16-21)19-30-28(32)18-25-7-6-24(20-29-25)27-9-8-26(17-22(27)2)34-15-12-31-10-13-33-14-11-31/h3-9,16-17,20H,10-15,18-19H2,1-2H3,(H,30,32). The Balaban J connectivity index is 1.28. The molecule has 0 aliphatic carbocycles. The molecule has 3 aromatic rings. The summed E-state index contributed by atoms with van der Waals surface area (Å²) in [6.07, 6.45) is 2.10. The highest BCUT2D eigenvalue weighted by molar-refractivity contribution is 5.78. The molecule has 0 atom stereocenters. The van der Waals surface area contributed by atoms with E-state index >= 15 is 0 Å². The molecule has 6 heteroatoms. The predicted octanol–water partition coefficient (Wildman–Crippen LogP) is 3.94. The minimum atomic E-state index is -0.0310. The highest BCUT2D eigenvalue weighted by atomic mass is 16.5. The third-order valence-corrected chi connectivity index (χ3v) is 6.03. The van der Waals surface area contributed by atoms with E-state index in [0.29, 0.717) is 13.2 Å². The van der Waals surface area contributed by atoms with E-state index in [1.165, 1.54) is 5.56 Å². The van der Waals surface area contributed by atoms with Crippen molar-refractivity contribution in [1.82, 2.24) is 15.2 Å². The molecule has 0 saturated carbocycles. The van der Waals surface area contributed by atoms with Crippen molar-refractivity contribution in [3.8, 4) is 16.9 Å². The number of benzene rings is 2. The van der Waals surface area contributed by atoms with E-state index in [-0.39, 0.29) is 12.3 Å². The average molecular weight is 460 g/mol. The molecule has 1 aromatic heterocycles. The Kier molecular flexibility index (Phi) is 8.28. The lowest BCUT2D eigenvalue weighted by molar-refractivity contribution is -0.120. The molecule has 0 spiro atoms. The molecule has 0 unspecified atom stereocenters. The monoisotopic (exact) mass is 459 g/mol. The van der Waals surface area contributed by atoms with Crippen molar-refractivity contribution in [2.75, 3.05) is 39.5 Å². The molecule has 178 valence electrons. The number of carbonyl (C=O) groups is 1. The first-order valence-electron chi connectivity index (χ1n) is 11.9. The Hall–Kier alpha value is -3.22. The second kappa shape index (κ2) is 11.8. The molecular weight excluding hydrogens is 426 g/mol. The fraction of sp³-hybridized carbons (Fsp3) is 0.357. The van der Waals surface area contributed by atoms with Gasteiger partial charge in [-0.25, -0.2) is 0 Å². The predicted molar refractivity (Wildman–Crippen MR) is 134 cm³/mol. The summed E-state index contributed by atoms with van der Waals surface area (Å²) in [7, 11) is 0. The Morgan fingerprint density at radius 2 is 1.94 bits per heavy atom. The largest absolute Gasteiger partial charge is 0.492 e. The van der Waals surface area contributed by atoms with E-state index < -0.39 is 0 Å². The molecule has 1 aliphatic rings. The van der Waals surface area contributed by atoms with Gasteiger partial charge in [-0.2, -0.15) is 0 Å². The zero-order valence-electron chi connectivity index (χ0n) is 20.0. The van der Waals surface area contributed by atoms with Crippen LogP contribution in [-0.4, -0.2) is 55.2 Å². The van der Waals surface area contributed by atoms with Crippen LogP contribution in [0.15, 0.2) is 60.8 Å². The van der Waals surface area contributed by atoms with E-state index in [1.807, 2.05) is 49.5 Å². The van der Waals surface area contributed by atoms with E-state index in [0.717, 1.165) is 66.5 Å². The number of hydrogen-bond donors (Lipinski definition) is 1. The number of nitrogens with zero attached hydrogens (tertiary/aromatic N) is 2. The van der Waals surface area contributed by atoms with Crippen LogP contribution >= 0.6 is 0 Å². The zero-order valence-corrected chi connectivity index (χ0v) is 20.0. The van der Waals surface area contributed by atoms with E-state index in [9.17, 15) is 4.79 Å². The maximum absolute atomic E-state index is 12.3. The second-order valence-corrected chi connectivity index (χ2v) is 8.76. The summed E-state index contributed by atoms with van der Waals surface area (Å²) in [5, 5.41) is 2.97. The highest BCUT2D eigenvalue weighted by Gasteiger charge is 2.11. The molecule has 4 rings (SSSR count). The number of hydrogen-bond acceptors (Lipinski definition) is 5. The van der Waals surface area contributed by atoms with E-state index in [2.05, 4.69) is 40.3 Å². The Bertz CT molecular complexity index is 1090. The van der Waals surface area contributed by atoms with Gasteiger partial charge in [0.05, 0.1) is 19.6 Å². The van der Waals surface area contributed by atoms with Gasteiger partial charge in [0.1, 0.15) is 12.4 Å². The van der Waals surface area contributed by atoms with Crippen LogP contribution in [0.5, 0.6) is 5.75 Å². The molecule has 2 aromatic carbocycles. The SMILES string of the molecule is Cc1cccc(CNC(=O)Cc2ccc(-c3ccc(OCCN4CCOCC4)cc3C)cn2)c1. The number of carbonyl (C=O) groups excluding carboxylic acids is 1. The molecule has 6 nitrogen and oxygen atoms in total. The van der Waals surface area contributed by atoms with Crippen LogP contribution in [0.3, 0.4) is 0 Å². The number of aromatic nitrogens is 1. The van der Waals surface area contributed by atoms with Crippen LogP contribution in [-0.2, 0) is 22.5 Å². The van der Waals surface area contributed by atoms with Crippen LogP contribution in [0, 0.1) is 13.8 Å². The summed E-state index contributed by atoms with van der Waals surface area (Å²) in [5.41, 5.74) is 6.32. The van der Waals surface area contributed by atoms with Crippen LogP contribution in [0.25, 0.3) is 11.1 Å². The van der Waals surface area contributed by atoms with Crippen molar-refractivity contribution in [2.24, 2.45) is 0 Å². The van der Waals surface area contributed by atoms with Gasteiger partial charge in [-0.3, -0.25) is 14.7 Å². The number of pyridine rings is 1. The highest BCUT2D eigenvalue weighted by Crippen LogP contribution is 2.26. The number of morpholine rings is 1. The van der Waals surface area contributed by atoms with Crippen LogP contribution in [0.2, 0.25) is 0 Å². The normalized spacial score (nSPS) is 14.1. The van der Waals surface area contributed by atoms with Crippen LogP contribution in [0.1, 0.15) is 22.4 Å². The molecule has 1 N–H and O–H groups in total. The molecule has 0 bridgehead atoms. The van der Waals surface area contributed by atoms with Crippen molar-refractivity contribution >= 4 is 5.91 Å². The number of aryl methyl sites for hydroxylation is 2. The fourth-order valence-corrected chi connectivity index (χ4v) is 4.11. The number of rotatable bonds is 9. The van der Waals surface area contributed by atoms with E-state index in [4.69, 9.17) is 9.47 Å². The molecule has 34 heavy (non-hydrogen) atoms. The first-order chi connectivity index (χ1) is 16.6. The van der Waals surface area contributed by atoms with Gasteiger partial charge in [-0.15, -0.1) is 0 Å². The van der Waals surface area contributed by atoms with Crippen molar-refractivity contribution in [3.63, 3.8) is 0 Å². The number of ether oxygens (including phenoxy) is 2. The smallest absolute Gasteiger partial charge is 0.226 e. The topological polar surface area (TPSA) is 63.7 Å². The van der Waals surface area contributed by atoms with Gasteiger partial charge in [0.15, 0.2) is 0 Å². The lowest BCUT2D eigenvalue weighted by atomic mass is 10.0. The molecule has 1 amide bonds. The van der Waals surface area contributed by atoms with Crippen molar-refractivity contribution in [3.05, 3.63) is 83.2 Å². The lowest BCUT2D eigenvalue weighted by Gasteiger charge is -2.26. The third-order valence-electron chi connectivity index (χ3n) is 6.03. The minimum absolute atomic E-state index is 0.0310. The Morgan fingerprint density at radius 3 is 2.68 bits per heavy atom. The van der Waals surface area contributed by atoms with Gasteiger partial charge in [0.2, 0.25) is 5.91 Å². The second-order valence-electron chi connectivity index (χ2n) is 8.76. The zero-order chi connectivity index (χ0) is 23.8. The Morgan fingerprint density at radius 1 is 1.09 bits per heavy atom. The summed E-state index contributed by atoms with van der Waals surface area (Å²) in [6, 6.07) is 18.2. The quantitative estimate of drug-likeness (QED) is 0.525. The van der Waals surface area contributed by atoms with Crippen molar-refractivity contribution in [2.45, 2.75) is 26.8 Å². The summed E-state index contributed by atoms with van der Waals surface area (Å²) in [4.78, 5) is 19.2. The summed E-state index contributed by atoms with van der Waals surface area (Å²) >= 11 is 0. The van der Waals surface area contributed by atoms with Gasteiger partial charge in [0.25, 0.3) is 0 Å². The van der Waals surface area contributed by atoms with Gasteiger partial charge < -0.3 is 14.8 Å². The third kappa shape index (κ3) is 6.89. The van der Waals surface area contributed by atoms with Crippen molar-refractivity contribution in [1.29, 1.82) is 0 Å². The van der Waals surface area contributed by atoms with E-state index in [1.54, 1.807) is 0 Å². The minimum Gasteiger partial charge on any atom is -0.492 e. The van der Waals surface area contributed by atoms with Gasteiger partial charge >= 0.3 is 0 Å². The molecule has 1 fully saturated rings. The first kappa shape index (κ1) is 23.9. The number of nitrogens with one attached hydrogen (secondary N) is 1. The first-order valence-corrected chi connectivity index (χ1v) is 11.9. The summed E-state index contributed by atoms with van der Waals surface area (Å²) in [6.45, 7) is 9.78. The molecule has 0 radical (unpaired) electrons. The lowest BCUT2D eigenvalue weighted by Crippen LogP contribution is -2.38. The molecule has 1 aliphatic heterocycles. The maximum Gasteiger partial charge on any atom is 0.226 e. The molecule has 2 heterocycles.